The average molecular weight is 757 g/mol. The van der Waals surface area contributed by atoms with Crippen molar-refractivity contribution in [3.63, 3.8) is 0 Å². The quantitative estimate of drug-likeness (QED) is 0.0647. The van der Waals surface area contributed by atoms with Gasteiger partial charge in [-0.3, -0.25) is 9.59 Å². The van der Waals surface area contributed by atoms with Crippen LogP contribution < -0.4 is 10.5 Å². The molecule has 1 aromatic heterocycles. The summed E-state index contributed by atoms with van der Waals surface area (Å²) in [5.74, 6) is -0.938. The monoisotopic (exact) mass is 756 g/mol. The summed E-state index contributed by atoms with van der Waals surface area (Å²) in [6, 6.07) is 23.9. The third-order valence-electron chi connectivity index (χ3n) is 9.27. The molecule has 0 amide bonds. The molecule has 1 fully saturated rings. The Balaban J connectivity index is 1.52. The van der Waals surface area contributed by atoms with E-state index in [1.807, 2.05) is 89.2 Å². The number of hydrogen-bond donors (Lipinski definition) is 1. The van der Waals surface area contributed by atoms with Crippen LogP contribution in [0.5, 0.6) is 5.75 Å². The highest BCUT2D eigenvalue weighted by atomic mass is 19.1. The number of rotatable bonds is 17. The number of nitrogens with two attached hydrogens (primary N) is 1. The zero-order valence-electron chi connectivity index (χ0n) is 33.4. The Labute approximate surface area is 325 Å². The molecule has 0 spiro atoms. The van der Waals surface area contributed by atoms with E-state index in [1.54, 1.807) is 12.1 Å². The maximum Gasteiger partial charge on any atom is 0.308 e. The lowest BCUT2D eigenvalue weighted by atomic mass is 9.90. The molecule has 2 N–H and O–H groups in total. The largest absolute Gasteiger partial charge is 0.491 e. The number of aromatic nitrogens is 1. The summed E-state index contributed by atoms with van der Waals surface area (Å²) in [6.45, 7) is 15.8. The first-order valence-electron chi connectivity index (χ1n) is 19.3. The van der Waals surface area contributed by atoms with Gasteiger partial charge in [0.15, 0.2) is 11.6 Å². The van der Waals surface area contributed by atoms with Crippen molar-refractivity contribution in [1.29, 1.82) is 0 Å². The fraction of sp³-hybridized carbons (Fsp3) is 0.467. The summed E-state index contributed by atoms with van der Waals surface area (Å²) in [4.78, 5) is 27.6. The van der Waals surface area contributed by atoms with Gasteiger partial charge in [0.2, 0.25) is 0 Å². The summed E-state index contributed by atoms with van der Waals surface area (Å²) in [5.41, 5.74) is 10.6. The first-order valence-corrected chi connectivity index (χ1v) is 19.3. The molecule has 2 heterocycles. The fourth-order valence-electron chi connectivity index (χ4n) is 7.29. The summed E-state index contributed by atoms with van der Waals surface area (Å²) in [7, 11) is 0. The average Bonchev–Trinajstić information content (AvgIpc) is 3.46. The molecule has 0 radical (unpaired) electrons. The fourth-order valence-corrected chi connectivity index (χ4v) is 7.29. The van der Waals surface area contributed by atoms with E-state index in [0.717, 1.165) is 33.6 Å². The molecule has 1 saturated heterocycles. The van der Waals surface area contributed by atoms with Crippen LogP contribution in [0.15, 0.2) is 78.9 Å². The third-order valence-corrected chi connectivity index (χ3v) is 9.27. The summed E-state index contributed by atoms with van der Waals surface area (Å²) < 4.78 is 46.1. The highest BCUT2D eigenvalue weighted by Gasteiger charge is 2.38. The van der Waals surface area contributed by atoms with Crippen LogP contribution in [0.25, 0.3) is 22.4 Å². The summed E-state index contributed by atoms with van der Waals surface area (Å²) >= 11 is 0. The van der Waals surface area contributed by atoms with Gasteiger partial charge in [0.1, 0.15) is 23.8 Å². The zero-order chi connectivity index (χ0) is 39.8. The van der Waals surface area contributed by atoms with Crippen LogP contribution >= 0.6 is 0 Å². The molecule has 10 heteroatoms. The highest BCUT2D eigenvalue weighted by molar-refractivity contribution is 6.08. The van der Waals surface area contributed by atoms with E-state index in [1.165, 1.54) is 12.1 Å². The van der Waals surface area contributed by atoms with Gasteiger partial charge in [0.25, 0.3) is 0 Å². The number of ether oxygens (including phenoxy) is 5. The van der Waals surface area contributed by atoms with Gasteiger partial charge in [-0.25, -0.2) is 4.39 Å². The van der Waals surface area contributed by atoms with E-state index in [0.29, 0.717) is 57.1 Å². The number of carbonyl (C=O) groups is 2. The minimum atomic E-state index is -0.915. The zero-order valence-corrected chi connectivity index (χ0v) is 33.4. The van der Waals surface area contributed by atoms with Gasteiger partial charge in [-0.15, -0.1) is 0 Å². The van der Waals surface area contributed by atoms with Crippen LogP contribution in [0.4, 0.5) is 4.39 Å². The van der Waals surface area contributed by atoms with Crippen LogP contribution in [0.2, 0.25) is 0 Å². The van der Waals surface area contributed by atoms with E-state index in [-0.39, 0.29) is 48.5 Å². The summed E-state index contributed by atoms with van der Waals surface area (Å²) in [5, 5.41) is 0. The van der Waals surface area contributed by atoms with E-state index in [2.05, 4.69) is 18.4 Å². The second-order valence-electron chi connectivity index (χ2n) is 15.9. The molecule has 4 aromatic rings. The van der Waals surface area contributed by atoms with Crippen LogP contribution in [-0.4, -0.2) is 66.3 Å². The van der Waals surface area contributed by atoms with Gasteiger partial charge in [-0.05, 0) is 100 Å². The van der Waals surface area contributed by atoms with Crippen LogP contribution in [0.1, 0.15) is 95.3 Å². The predicted molar refractivity (Wildman–Crippen MR) is 213 cm³/mol. The number of carbonyl (C=O) groups excluding carboxylic acids is 2. The van der Waals surface area contributed by atoms with Gasteiger partial charge in [-0.1, -0.05) is 56.3 Å². The maximum atomic E-state index is 14.8. The van der Waals surface area contributed by atoms with E-state index in [9.17, 15) is 14.0 Å². The standard InChI is InChI=1S/C45H57FN2O7/c1-30(2)42-41(38(49)27-31-13-19-35(20-14-31)52-26-25-51-24-22-47)40(32-11-9-8-10-12-32)43(33-15-17-34(46)18-16-33)48(42)23-21-36-28-37(54-45(6,7)53-36)29-39(50)55-44(3,4)5/h8-20,30,36-37H,21-29,47H2,1-7H3/t36-,37-/m1/s1. The molecule has 0 aliphatic carbocycles. The Bertz CT molecular complexity index is 1860. The number of benzene rings is 3. The molecule has 0 saturated carbocycles. The number of nitrogens with zero attached hydrogens (tertiary/aromatic N) is 1. The smallest absolute Gasteiger partial charge is 0.308 e. The number of ketones is 1. The normalized spacial score (nSPS) is 17.0. The van der Waals surface area contributed by atoms with Gasteiger partial charge < -0.3 is 34.0 Å². The Hall–Kier alpha value is -4.35. The van der Waals surface area contributed by atoms with Crippen molar-refractivity contribution in [3.8, 4) is 28.1 Å². The van der Waals surface area contributed by atoms with Crippen LogP contribution in [0, 0.1) is 5.82 Å². The molecular weight excluding hydrogens is 700 g/mol. The van der Waals surface area contributed by atoms with E-state index >= 15 is 0 Å². The lowest BCUT2D eigenvalue weighted by Crippen LogP contribution is -2.46. The number of esters is 1. The Kier molecular flexibility index (Phi) is 14.1. The minimum absolute atomic E-state index is 0.0191. The first kappa shape index (κ1) is 41.8. The Morgan fingerprint density at radius 3 is 2.22 bits per heavy atom. The van der Waals surface area contributed by atoms with Gasteiger partial charge in [-0.2, -0.15) is 0 Å². The molecule has 2 atom stereocenters. The molecule has 55 heavy (non-hydrogen) atoms. The van der Waals surface area contributed by atoms with Gasteiger partial charge in [0, 0.05) is 42.8 Å². The van der Waals surface area contributed by atoms with Gasteiger partial charge >= 0.3 is 5.97 Å². The molecular formula is C45H57FN2O7. The molecule has 5 rings (SSSR count). The van der Waals surface area contributed by atoms with Crippen molar-refractivity contribution >= 4 is 11.8 Å². The van der Waals surface area contributed by atoms with Crippen molar-refractivity contribution in [3.05, 3.63) is 102 Å². The lowest BCUT2D eigenvalue weighted by Gasteiger charge is -2.41. The molecule has 1 aliphatic rings. The predicted octanol–water partition coefficient (Wildman–Crippen LogP) is 8.90. The van der Waals surface area contributed by atoms with E-state index < -0.39 is 11.4 Å². The Morgan fingerprint density at radius 1 is 0.909 bits per heavy atom. The molecule has 3 aromatic carbocycles. The topological polar surface area (TPSA) is 111 Å². The van der Waals surface area contributed by atoms with Crippen LogP contribution in [-0.2, 0) is 36.7 Å². The van der Waals surface area contributed by atoms with Crippen molar-refractivity contribution < 1.29 is 37.7 Å². The van der Waals surface area contributed by atoms with Crippen molar-refractivity contribution in [2.75, 3.05) is 26.4 Å². The highest BCUT2D eigenvalue weighted by Crippen LogP contribution is 2.43. The van der Waals surface area contributed by atoms with Crippen molar-refractivity contribution in [2.24, 2.45) is 5.73 Å². The minimum Gasteiger partial charge on any atom is -0.491 e. The second-order valence-corrected chi connectivity index (χ2v) is 15.9. The number of Topliss-reactive ketones (excluding diaryl/α,β-unsaturated/α-hetero) is 1. The third kappa shape index (κ3) is 11.6. The number of halogens is 1. The first-order chi connectivity index (χ1) is 26.1. The molecule has 0 unspecified atom stereocenters. The van der Waals surface area contributed by atoms with Crippen molar-refractivity contribution in [1.82, 2.24) is 4.57 Å². The SMILES string of the molecule is CC(C)c1c(C(=O)Cc2ccc(OCCOCCN)cc2)c(-c2ccccc2)c(-c2ccc(F)cc2)n1CC[C@@H]1C[C@H](CC(=O)OC(C)(C)C)OC(C)(C)O1. The lowest BCUT2D eigenvalue weighted by molar-refractivity contribution is -0.301. The summed E-state index contributed by atoms with van der Waals surface area (Å²) in [6.07, 6.45) is 0.760. The van der Waals surface area contributed by atoms with Gasteiger partial charge in [0.05, 0.1) is 37.5 Å². The molecule has 9 nitrogen and oxygen atoms in total. The molecule has 296 valence electrons. The number of hydrogen-bond acceptors (Lipinski definition) is 8. The molecule has 1 aliphatic heterocycles. The van der Waals surface area contributed by atoms with Crippen LogP contribution in [0.3, 0.4) is 0 Å². The second kappa shape index (κ2) is 18.5. The maximum absolute atomic E-state index is 14.8. The Morgan fingerprint density at radius 2 is 1.58 bits per heavy atom. The molecule has 0 bridgehead atoms. The van der Waals surface area contributed by atoms with Crippen molar-refractivity contribution in [2.45, 2.75) is 110 Å². The van der Waals surface area contributed by atoms with E-state index in [4.69, 9.17) is 29.4 Å².